The van der Waals surface area contributed by atoms with E-state index < -0.39 is 18.2 Å². The van der Waals surface area contributed by atoms with Crippen LogP contribution in [0.3, 0.4) is 0 Å². The molecule has 0 heterocycles. The van der Waals surface area contributed by atoms with E-state index in [1.807, 2.05) is 0 Å². The fourth-order valence-electron chi connectivity index (χ4n) is 6.42. The van der Waals surface area contributed by atoms with E-state index in [4.69, 9.17) is 4.74 Å². The second kappa shape index (κ2) is 12.7. The molecule has 2 aromatic carbocycles. The summed E-state index contributed by atoms with van der Waals surface area (Å²) in [6, 6.07) is 10.3. The highest BCUT2D eigenvalue weighted by Crippen LogP contribution is 2.45. The first kappa shape index (κ1) is 28.7. The lowest BCUT2D eigenvalue weighted by molar-refractivity contribution is -0.274. The second-order valence-corrected chi connectivity index (χ2v) is 11.1. The first-order chi connectivity index (χ1) is 18.1. The highest BCUT2D eigenvalue weighted by atomic mass is 19.4. The van der Waals surface area contributed by atoms with Crippen LogP contribution in [0.4, 0.5) is 22.0 Å². The zero-order valence-electron chi connectivity index (χ0n) is 22.1. The van der Waals surface area contributed by atoms with Crippen LogP contribution < -0.4 is 9.47 Å². The smallest absolute Gasteiger partial charge is 0.429 e. The van der Waals surface area contributed by atoms with E-state index in [1.54, 1.807) is 12.1 Å². The van der Waals surface area contributed by atoms with Crippen molar-refractivity contribution in [1.29, 1.82) is 0 Å². The number of ether oxygens (including phenoxy) is 2. The van der Waals surface area contributed by atoms with Crippen LogP contribution in [0.15, 0.2) is 48.5 Å². The third-order valence-corrected chi connectivity index (χ3v) is 8.57. The van der Waals surface area contributed by atoms with E-state index >= 15 is 0 Å². The number of hydrogen-bond acceptors (Lipinski definition) is 2. The molecule has 7 heteroatoms. The third kappa shape index (κ3) is 8.09. The van der Waals surface area contributed by atoms with Gasteiger partial charge in [0.25, 0.3) is 0 Å². The molecule has 0 aliphatic heterocycles. The maximum Gasteiger partial charge on any atom is 0.573 e. The molecular formula is C31H39F5O2. The summed E-state index contributed by atoms with van der Waals surface area (Å²) in [5, 5.41) is 0. The molecule has 0 N–H and O–H groups in total. The van der Waals surface area contributed by atoms with E-state index in [9.17, 15) is 22.0 Å². The van der Waals surface area contributed by atoms with Gasteiger partial charge in [0.1, 0.15) is 11.5 Å². The number of alkyl halides is 5. The van der Waals surface area contributed by atoms with Gasteiger partial charge in [-0.15, -0.1) is 13.2 Å². The van der Waals surface area contributed by atoms with E-state index in [2.05, 4.69) is 11.7 Å². The Kier molecular flexibility index (Phi) is 9.59. The van der Waals surface area contributed by atoms with Gasteiger partial charge in [-0.3, -0.25) is 0 Å². The minimum atomic E-state index is -4.85. The standard InChI is InChI=1S/C31H39F5O2/c1-2-3-4-5-22-6-8-23(9-7-22)24-10-12-25(13-11-24)26-14-16-27(17-15-26)30(32,33)37-28-18-20-29(21-19-28)38-31(34,35)36/h14-25H,2-13H2,1H3/t22-,23-,24?,25?. The Morgan fingerprint density at radius 3 is 1.71 bits per heavy atom. The van der Waals surface area contributed by atoms with Gasteiger partial charge >= 0.3 is 12.5 Å². The van der Waals surface area contributed by atoms with Crippen molar-refractivity contribution in [2.24, 2.45) is 17.8 Å². The Balaban J connectivity index is 1.25. The van der Waals surface area contributed by atoms with Crippen LogP contribution >= 0.6 is 0 Å². The molecule has 0 amide bonds. The fraction of sp³-hybridized carbons (Fsp3) is 0.613. The zero-order valence-corrected chi connectivity index (χ0v) is 22.1. The molecule has 0 atom stereocenters. The summed E-state index contributed by atoms with van der Waals surface area (Å²) in [7, 11) is 0. The summed E-state index contributed by atoms with van der Waals surface area (Å²) in [6.07, 6.45) is 7.09. The van der Waals surface area contributed by atoms with Crippen molar-refractivity contribution in [3.63, 3.8) is 0 Å². The number of unbranched alkanes of at least 4 members (excludes halogenated alkanes) is 2. The molecular weight excluding hydrogens is 499 g/mol. The molecule has 2 aliphatic rings. The van der Waals surface area contributed by atoms with Gasteiger partial charge in [0.2, 0.25) is 0 Å². The minimum absolute atomic E-state index is 0.248. The topological polar surface area (TPSA) is 18.5 Å². The van der Waals surface area contributed by atoms with E-state index in [0.29, 0.717) is 5.92 Å². The van der Waals surface area contributed by atoms with Crippen LogP contribution in [-0.2, 0) is 6.11 Å². The fourth-order valence-corrected chi connectivity index (χ4v) is 6.42. The van der Waals surface area contributed by atoms with Crippen molar-refractivity contribution >= 4 is 0 Å². The summed E-state index contributed by atoms with van der Waals surface area (Å²) in [6.45, 7) is 2.26. The molecule has 0 radical (unpaired) electrons. The Morgan fingerprint density at radius 2 is 1.18 bits per heavy atom. The van der Waals surface area contributed by atoms with Gasteiger partial charge in [0, 0.05) is 0 Å². The molecule has 2 fully saturated rings. The molecule has 2 saturated carbocycles. The molecule has 2 aliphatic carbocycles. The third-order valence-electron chi connectivity index (χ3n) is 8.57. The molecule has 2 aromatic rings. The average Bonchev–Trinajstić information content (AvgIpc) is 2.90. The van der Waals surface area contributed by atoms with Crippen molar-refractivity contribution in [3.05, 3.63) is 59.7 Å². The van der Waals surface area contributed by atoms with Gasteiger partial charge in [0.15, 0.2) is 0 Å². The lowest BCUT2D eigenvalue weighted by Gasteiger charge is -2.38. The lowest BCUT2D eigenvalue weighted by Crippen LogP contribution is -2.25. The number of halogens is 5. The van der Waals surface area contributed by atoms with Crippen molar-refractivity contribution in [2.45, 2.75) is 102 Å². The molecule has 4 rings (SSSR count). The van der Waals surface area contributed by atoms with Gasteiger partial charge in [-0.2, -0.15) is 8.78 Å². The van der Waals surface area contributed by atoms with Crippen LogP contribution in [0.25, 0.3) is 0 Å². The van der Waals surface area contributed by atoms with Gasteiger partial charge in [-0.05, 0) is 104 Å². The van der Waals surface area contributed by atoms with E-state index in [1.165, 1.54) is 76.3 Å². The summed E-state index contributed by atoms with van der Waals surface area (Å²) in [4.78, 5) is 0. The minimum Gasteiger partial charge on any atom is -0.429 e. The normalized spacial score (nSPS) is 24.7. The first-order valence-corrected chi connectivity index (χ1v) is 14.2. The monoisotopic (exact) mass is 538 g/mol. The Morgan fingerprint density at radius 1 is 0.658 bits per heavy atom. The predicted molar refractivity (Wildman–Crippen MR) is 138 cm³/mol. The SMILES string of the molecule is CCCCC[C@H]1CC[C@H](C2CCC(c3ccc(C(F)(F)Oc4ccc(OC(F)(F)F)cc4)cc3)CC2)CC1. The van der Waals surface area contributed by atoms with Crippen molar-refractivity contribution in [3.8, 4) is 11.5 Å². The quantitative estimate of drug-likeness (QED) is 0.221. The lowest BCUT2D eigenvalue weighted by atomic mass is 9.68. The molecule has 2 nitrogen and oxygen atoms in total. The molecule has 210 valence electrons. The molecule has 38 heavy (non-hydrogen) atoms. The molecule has 0 aromatic heterocycles. The largest absolute Gasteiger partial charge is 0.573 e. The molecule has 0 spiro atoms. The van der Waals surface area contributed by atoms with Crippen LogP contribution in [0.1, 0.15) is 101 Å². The molecule has 0 saturated heterocycles. The number of benzene rings is 2. The van der Waals surface area contributed by atoms with Crippen LogP contribution in [-0.4, -0.2) is 6.36 Å². The second-order valence-electron chi connectivity index (χ2n) is 11.1. The van der Waals surface area contributed by atoms with Gasteiger partial charge in [0.05, 0.1) is 5.56 Å². The van der Waals surface area contributed by atoms with Gasteiger partial charge in [-0.25, -0.2) is 0 Å². The summed E-state index contributed by atoms with van der Waals surface area (Å²) in [5.41, 5.74) is 0.789. The maximum absolute atomic E-state index is 14.7. The highest BCUT2D eigenvalue weighted by Gasteiger charge is 2.36. The average molecular weight is 539 g/mol. The number of rotatable bonds is 10. The Labute approximate surface area is 222 Å². The zero-order chi connectivity index (χ0) is 27.2. The van der Waals surface area contributed by atoms with E-state index in [0.717, 1.165) is 60.4 Å². The van der Waals surface area contributed by atoms with Crippen molar-refractivity contribution in [2.75, 3.05) is 0 Å². The predicted octanol–water partition coefficient (Wildman–Crippen LogP) is 10.4. The van der Waals surface area contributed by atoms with E-state index in [-0.39, 0.29) is 11.3 Å². The van der Waals surface area contributed by atoms with Crippen molar-refractivity contribution in [1.82, 2.24) is 0 Å². The van der Waals surface area contributed by atoms with Crippen LogP contribution in [0, 0.1) is 17.8 Å². The van der Waals surface area contributed by atoms with Gasteiger partial charge in [-0.1, -0.05) is 57.6 Å². The number of hydrogen-bond donors (Lipinski definition) is 0. The maximum atomic E-state index is 14.7. The Hall–Kier alpha value is -2.31. The van der Waals surface area contributed by atoms with Gasteiger partial charge < -0.3 is 9.47 Å². The first-order valence-electron chi connectivity index (χ1n) is 14.2. The molecule has 0 bridgehead atoms. The Bertz CT molecular complexity index is 971. The van der Waals surface area contributed by atoms with Crippen LogP contribution in [0.2, 0.25) is 0 Å². The summed E-state index contributed by atoms with van der Waals surface area (Å²) < 4.78 is 74.9. The summed E-state index contributed by atoms with van der Waals surface area (Å²) >= 11 is 0. The highest BCUT2D eigenvalue weighted by molar-refractivity contribution is 5.33. The van der Waals surface area contributed by atoms with Crippen molar-refractivity contribution < 1.29 is 31.4 Å². The summed E-state index contributed by atoms with van der Waals surface area (Å²) in [5.74, 6) is 2.22. The van der Waals surface area contributed by atoms with Crippen LogP contribution in [0.5, 0.6) is 11.5 Å². The molecule has 0 unspecified atom stereocenters.